The summed E-state index contributed by atoms with van der Waals surface area (Å²) in [5.74, 6) is -2.79. The molecule has 0 radical (unpaired) electrons. The lowest BCUT2D eigenvalue weighted by atomic mass is 9.93. The highest BCUT2D eigenvalue weighted by Gasteiger charge is 2.15. The molecule has 0 amide bonds. The lowest BCUT2D eigenvalue weighted by Crippen LogP contribution is -2.09. The van der Waals surface area contributed by atoms with Gasteiger partial charge in [0.25, 0.3) is 0 Å². The molecule has 0 aliphatic rings. The second-order valence-corrected chi connectivity index (χ2v) is 10.1. The highest BCUT2D eigenvalue weighted by atomic mass is 19.1. The predicted molar refractivity (Wildman–Crippen MR) is 162 cm³/mol. The van der Waals surface area contributed by atoms with Crippen molar-refractivity contribution in [2.24, 2.45) is 0 Å². The number of hydrogen-bond donors (Lipinski definition) is 0. The SMILES string of the molecule is CC(Cc1ccc(-c2ccc(/C=C/c3ccc(C(=O)Oc4cc(F)c(C#N)c(F)c4)cc3)cc2)cc1)c1ccccc1. The maximum atomic E-state index is 13.8. The van der Waals surface area contributed by atoms with E-state index in [1.54, 1.807) is 24.3 Å². The van der Waals surface area contributed by atoms with E-state index in [4.69, 9.17) is 10.00 Å². The summed E-state index contributed by atoms with van der Waals surface area (Å²) in [7, 11) is 0. The number of rotatable bonds is 8. The largest absolute Gasteiger partial charge is 0.423 e. The first-order chi connectivity index (χ1) is 20.4. The number of halogens is 2. The smallest absolute Gasteiger partial charge is 0.343 e. The van der Waals surface area contributed by atoms with Crippen LogP contribution in [-0.2, 0) is 6.42 Å². The Labute approximate surface area is 244 Å². The van der Waals surface area contributed by atoms with Crippen molar-refractivity contribution in [2.45, 2.75) is 19.3 Å². The van der Waals surface area contributed by atoms with Crippen LogP contribution in [0.1, 0.15) is 51.0 Å². The zero-order valence-corrected chi connectivity index (χ0v) is 22.9. The molecule has 0 N–H and O–H groups in total. The molecule has 0 spiro atoms. The first kappa shape index (κ1) is 28.2. The van der Waals surface area contributed by atoms with Gasteiger partial charge < -0.3 is 4.74 Å². The van der Waals surface area contributed by atoms with Gasteiger partial charge in [0.05, 0.1) is 5.56 Å². The molecule has 5 rings (SSSR count). The van der Waals surface area contributed by atoms with Crippen LogP contribution in [0.25, 0.3) is 23.3 Å². The average Bonchev–Trinajstić information content (AvgIpc) is 3.01. The molecule has 0 saturated carbocycles. The minimum absolute atomic E-state index is 0.224. The van der Waals surface area contributed by atoms with Gasteiger partial charge in [0, 0.05) is 12.1 Å². The molecule has 5 heteroatoms. The molecule has 42 heavy (non-hydrogen) atoms. The van der Waals surface area contributed by atoms with E-state index >= 15 is 0 Å². The van der Waals surface area contributed by atoms with Crippen LogP contribution in [0.2, 0.25) is 0 Å². The first-order valence-electron chi connectivity index (χ1n) is 13.5. The summed E-state index contributed by atoms with van der Waals surface area (Å²) in [6.45, 7) is 2.25. The Balaban J connectivity index is 1.18. The molecule has 0 aliphatic heterocycles. The minimum Gasteiger partial charge on any atom is -0.423 e. The molecule has 0 fully saturated rings. The van der Waals surface area contributed by atoms with Crippen molar-refractivity contribution in [1.29, 1.82) is 5.26 Å². The molecule has 206 valence electrons. The Hall–Kier alpha value is -5.34. The second kappa shape index (κ2) is 12.9. The van der Waals surface area contributed by atoms with Gasteiger partial charge in [0.2, 0.25) is 0 Å². The Morgan fingerprint density at radius 3 is 1.86 bits per heavy atom. The Kier molecular flexibility index (Phi) is 8.65. The van der Waals surface area contributed by atoms with Gasteiger partial charge in [0.1, 0.15) is 29.0 Å². The van der Waals surface area contributed by atoms with E-state index in [-0.39, 0.29) is 11.3 Å². The molecule has 0 aromatic heterocycles. The molecule has 5 aromatic rings. The molecule has 5 aromatic carbocycles. The Morgan fingerprint density at radius 1 is 0.786 bits per heavy atom. The van der Waals surface area contributed by atoms with Gasteiger partial charge >= 0.3 is 5.97 Å². The van der Waals surface area contributed by atoms with Crippen molar-refractivity contribution >= 4 is 18.1 Å². The fourth-order valence-electron chi connectivity index (χ4n) is 4.68. The summed E-state index contributed by atoms with van der Waals surface area (Å²) < 4.78 is 32.7. The molecule has 1 atom stereocenters. The molecule has 0 saturated heterocycles. The van der Waals surface area contributed by atoms with Crippen LogP contribution in [0.3, 0.4) is 0 Å². The van der Waals surface area contributed by atoms with Crippen LogP contribution in [0, 0.1) is 23.0 Å². The Morgan fingerprint density at radius 2 is 1.31 bits per heavy atom. The predicted octanol–water partition coefficient (Wildman–Crippen LogP) is 9.24. The summed E-state index contributed by atoms with van der Waals surface area (Å²) in [5.41, 5.74) is 6.35. The third-order valence-electron chi connectivity index (χ3n) is 7.06. The van der Waals surface area contributed by atoms with Gasteiger partial charge in [0.15, 0.2) is 0 Å². The Bertz CT molecular complexity index is 1730. The first-order valence-corrected chi connectivity index (χ1v) is 13.5. The van der Waals surface area contributed by atoms with Crippen LogP contribution in [0.4, 0.5) is 8.78 Å². The van der Waals surface area contributed by atoms with E-state index < -0.39 is 23.2 Å². The maximum Gasteiger partial charge on any atom is 0.343 e. The molecular weight excluding hydrogens is 528 g/mol. The van der Waals surface area contributed by atoms with Crippen LogP contribution in [-0.4, -0.2) is 5.97 Å². The van der Waals surface area contributed by atoms with E-state index in [1.807, 2.05) is 18.2 Å². The summed E-state index contributed by atoms with van der Waals surface area (Å²) in [6, 6.07) is 37.3. The van der Waals surface area contributed by atoms with E-state index in [0.717, 1.165) is 40.8 Å². The number of benzene rings is 5. The fourth-order valence-corrected chi connectivity index (χ4v) is 4.68. The van der Waals surface area contributed by atoms with Gasteiger partial charge in [-0.1, -0.05) is 110 Å². The van der Waals surface area contributed by atoms with Crippen molar-refractivity contribution in [3.63, 3.8) is 0 Å². The lowest BCUT2D eigenvalue weighted by molar-refractivity contribution is 0.0734. The molecule has 3 nitrogen and oxygen atoms in total. The van der Waals surface area contributed by atoms with Gasteiger partial charge in [-0.25, -0.2) is 13.6 Å². The van der Waals surface area contributed by atoms with E-state index in [1.165, 1.54) is 17.2 Å². The fraction of sp³-hybridized carbons (Fsp3) is 0.0811. The number of carbonyl (C=O) groups is 1. The van der Waals surface area contributed by atoms with Crippen LogP contribution < -0.4 is 4.74 Å². The van der Waals surface area contributed by atoms with Crippen molar-refractivity contribution in [2.75, 3.05) is 0 Å². The third kappa shape index (κ3) is 6.86. The topological polar surface area (TPSA) is 50.1 Å². The van der Waals surface area contributed by atoms with Gasteiger partial charge in [-0.05, 0) is 57.9 Å². The average molecular weight is 556 g/mol. The van der Waals surface area contributed by atoms with Crippen molar-refractivity contribution in [3.05, 3.63) is 160 Å². The number of ether oxygens (including phenoxy) is 1. The van der Waals surface area contributed by atoms with Crippen LogP contribution >= 0.6 is 0 Å². The van der Waals surface area contributed by atoms with Gasteiger partial charge in [-0.2, -0.15) is 5.26 Å². The summed E-state index contributed by atoms with van der Waals surface area (Å²) in [5, 5.41) is 8.77. The van der Waals surface area contributed by atoms with Crippen LogP contribution in [0.15, 0.2) is 115 Å². The van der Waals surface area contributed by atoms with Crippen molar-refractivity contribution in [1.82, 2.24) is 0 Å². The summed E-state index contributed by atoms with van der Waals surface area (Å²) in [4.78, 5) is 12.4. The number of nitriles is 1. The molecule has 0 bridgehead atoms. The standard InChI is InChI=1S/C37H27F2NO2/c1-25(29-5-3-2-4-6-29)21-28-13-17-31(18-14-28)30-15-9-26(10-16-30)7-8-27-11-19-32(20-12-27)37(41)42-33-22-35(38)34(24-40)36(39)23-33/h2-20,22-23,25H,21H2,1H3/b8-7+. The second-order valence-electron chi connectivity index (χ2n) is 10.1. The zero-order valence-electron chi connectivity index (χ0n) is 22.9. The van der Waals surface area contributed by atoms with Crippen molar-refractivity contribution in [3.8, 4) is 22.9 Å². The number of hydrogen-bond acceptors (Lipinski definition) is 3. The van der Waals surface area contributed by atoms with E-state index in [0.29, 0.717) is 5.92 Å². The quantitative estimate of drug-likeness (QED) is 0.109. The molecule has 1 unspecified atom stereocenters. The third-order valence-corrected chi connectivity index (χ3v) is 7.06. The maximum absolute atomic E-state index is 13.8. The lowest BCUT2D eigenvalue weighted by Gasteiger charge is -2.12. The van der Waals surface area contributed by atoms with Crippen LogP contribution in [0.5, 0.6) is 5.75 Å². The molecule has 0 aliphatic carbocycles. The molecular formula is C37H27F2NO2. The number of nitrogens with zero attached hydrogens (tertiary/aromatic N) is 1. The molecule has 0 heterocycles. The number of carbonyl (C=O) groups excluding carboxylic acids is 1. The van der Waals surface area contributed by atoms with E-state index in [9.17, 15) is 13.6 Å². The minimum atomic E-state index is -1.09. The normalized spacial score (nSPS) is 11.7. The summed E-state index contributed by atoms with van der Waals surface area (Å²) >= 11 is 0. The summed E-state index contributed by atoms with van der Waals surface area (Å²) in [6.07, 6.45) is 4.90. The van der Waals surface area contributed by atoms with Crippen molar-refractivity contribution < 1.29 is 18.3 Å². The number of esters is 1. The van der Waals surface area contributed by atoms with E-state index in [2.05, 4.69) is 79.7 Å². The zero-order chi connectivity index (χ0) is 29.5. The highest BCUT2D eigenvalue weighted by Crippen LogP contribution is 2.25. The monoisotopic (exact) mass is 555 g/mol. The van der Waals surface area contributed by atoms with Gasteiger partial charge in [-0.15, -0.1) is 0 Å². The van der Waals surface area contributed by atoms with Gasteiger partial charge in [-0.3, -0.25) is 0 Å². The highest BCUT2D eigenvalue weighted by molar-refractivity contribution is 5.91.